The fourth-order valence-electron chi connectivity index (χ4n) is 5.40. The van der Waals surface area contributed by atoms with Gasteiger partial charge >= 0.3 is 0 Å². The van der Waals surface area contributed by atoms with E-state index in [4.69, 9.17) is 16.3 Å². The first-order chi connectivity index (χ1) is 17.5. The van der Waals surface area contributed by atoms with Crippen LogP contribution >= 0.6 is 35.3 Å². The van der Waals surface area contributed by atoms with Crippen molar-refractivity contribution >= 4 is 63.9 Å². The summed E-state index contributed by atoms with van der Waals surface area (Å²) in [6, 6.07) is 6.98. The molecular weight excluding hydrogens is 568 g/mol. The molecule has 0 saturated carbocycles. The summed E-state index contributed by atoms with van der Waals surface area (Å²) in [5.74, 6) is -0.328. The Balaban J connectivity index is 1.36. The number of rotatable bonds is 4. The monoisotopic (exact) mass is 593 g/mol. The minimum Gasteiger partial charge on any atom is -0.378 e. The highest BCUT2D eigenvalue weighted by Crippen LogP contribution is 2.54. The molecule has 1 aliphatic carbocycles. The number of hydrogen-bond donors (Lipinski definition) is 3. The van der Waals surface area contributed by atoms with Crippen LogP contribution in [0.4, 0.5) is 10.7 Å². The van der Waals surface area contributed by atoms with E-state index in [1.165, 1.54) is 21.0 Å². The van der Waals surface area contributed by atoms with Crippen LogP contribution in [-0.4, -0.2) is 68.4 Å². The summed E-state index contributed by atoms with van der Waals surface area (Å²) in [5, 5.41) is 4.71. The minimum atomic E-state index is -0.633. The fourth-order valence-corrected chi connectivity index (χ4v) is 9.33. The highest BCUT2D eigenvalue weighted by molar-refractivity contribution is 9.34. The first-order valence-corrected chi connectivity index (χ1v) is 15.4. The van der Waals surface area contributed by atoms with Gasteiger partial charge in [-0.25, -0.2) is 10.9 Å². The van der Waals surface area contributed by atoms with Gasteiger partial charge in [0, 0.05) is 18.7 Å². The summed E-state index contributed by atoms with van der Waals surface area (Å²) in [7, 11) is -0.269. The standard InChI is InChI=1S/C24H26BrClN6O3S/c25-36-19-7-3-4-15(19)16-13-31(18-6-2-1-5-17(18)26)21(22-29-28-14-32(22)24(16)36)23(34)27-12-20(33)30-8-10-35-11-9-30/h1-3,5-7,21-22,28-29H,4,8-14H2/p+1. The third kappa shape index (κ3) is 4.11. The van der Waals surface area contributed by atoms with Gasteiger partial charge in [0.15, 0.2) is 4.88 Å². The summed E-state index contributed by atoms with van der Waals surface area (Å²) >= 11 is 10.6. The Hall–Kier alpha value is -2.15. The van der Waals surface area contributed by atoms with E-state index < -0.39 is 6.04 Å². The first-order valence-electron chi connectivity index (χ1n) is 12.0. The summed E-state index contributed by atoms with van der Waals surface area (Å²) in [6.45, 7) is 3.18. The van der Waals surface area contributed by atoms with Gasteiger partial charge in [-0.1, -0.05) is 29.8 Å². The van der Waals surface area contributed by atoms with Gasteiger partial charge in [-0.05, 0) is 24.6 Å². The lowest BCUT2D eigenvalue weighted by Gasteiger charge is -2.36. The molecule has 12 heteroatoms. The number of para-hydroxylation sites is 1. The summed E-state index contributed by atoms with van der Waals surface area (Å²) in [4.78, 5) is 34.0. The summed E-state index contributed by atoms with van der Waals surface area (Å²) < 4.78 is 5.34. The predicted molar refractivity (Wildman–Crippen MR) is 145 cm³/mol. The van der Waals surface area contributed by atoms with E-state index in [2.05, 4.69) is 52.9 Å². The number of amides is 2. The summed E-state index contributed by atoms with van der Waals surface area (Å²) in [5.41, 5.74) is 9.90. The summed E-state index contributed by atoms with van der Waals surface area (Å²) in [6.07, 6.45) is 4.92. The maximum atomic E-state index is 13.9. The molecule has 190 valence electrons. The van der Waals surface area contributed by atoms with Crippen LogP contribution in [0, 0.1) is 0 Å². The molecule has 4 aliphatic rings. The lowest BCUT2D eigenvalue weighted by atomic mass is 10.1. The quantitative estimate of drug-likeness (QED) is 0.469. The van der Waals surface area contributed by atoms with Crippen molar-refractivity contribution in [2.75, 3.05) is 49.3 Å². The van der Waals surface area contributed by atoms with Crippen LogP contribution in [0.5, 0.6) is 0 Å². The van der Waals surface area contributed by atoms with Crippen molar-refractivity contribution in [3.63, 3.8) is 0 Å². The second-order valence-electron chi connectivity index (χ2n) is 9.12. The lowest BCUT2D eigenvalue weighted by Crippen LogP contribution is -2.61. The second kappa shape index (κ2) is 9.96. The zero-order chi connectivity index (χ0) is 24.8. The van der Waals surface area contributed by atoms with Crippen molar-refractivity contribution in [1.82, 2.24) is 21.1 Å². The molecule has 2 aromatic rings. The van der Waals surface area contributed by atoms with Gasteiger partial charge in [0.2, 0.25) is 11.8 Å². The van der Waals surface area contributed by atoms with E-state index in [9.17, 15) is 9.59 Å². The Morgan fingerprint density at radius 2 is 2.00 bits per heavy atom. The Kier molecular flexibility index (Phi) is 6.69. The SMILES string of the molecule is O=C(NCC(=O)N1CCOCC1)C1C2NNCN2c2c(c3c([s+]2Br)C=CC3)CN1c1ccccc1Cl. The Labute approximate surface area is 224 Å². The van der Waals surface area contributed by atoms with Gasteiger partial charge in [0.1, 0.15) is 12.2 Å². The molecule has 36 heavy (non-hydrogen) atoms. The molecule has 9 nitrogen and oxygen atoms in total. The van der Waals surface area contributed by atoms with Gasteiger partial charge in [0.25, 0.3) is 19.8 Å². The number of halogens is 2. The fraction of sp³-hybridized carbons (Fsp3) is 0.417. The van der Waals surface area contributed by atoms with E-state index in [1.54, 1.807) is 4.90 Å². The van der Waals surface area contributed by atoms with E-state index in [0.29, 0.717) is 44.5 Å². The Bertz CT molecular complexity index is 1230. The number of nitrogens with zero attached hydrogens (tertiary/aromatic N) is 3. The molecule has 0 spiro atoms. The molecule has 2 saturated heterocycles. The highest BCUT2D eigenvalue weighted by Gasteiger charge is 2.50. The van der Waals surface area contributed by atoms with E-state index >= 15 is 0 Å². The first kappa shape index (κ1) is 24.2. The van der Waals surface area contributed by atoms with Crippen molar-refractivity contribution in [2.24, 2.45) is 0 Å². The number of fused-ring (bicyclic) bond motifs is 5. The second-order valence-corrected chi connectivity index (χ2v) is 12.8. The smallest absolute Gasteiger partial charge is 0.271 e. The van der Waals surface area contributed by atoms with Crippen molar-refractivity contribution in [3.8, 4) is 0 Å². The average Bonchev–Trinajstić information content (AvgIpc) is 3.60. The molecule has 2 amide bonds. The van der Waals surface area contributed by atoms with Crippen LogP contribution in [0.2, 0.25) is 5.02 Å². The van der Waals surface area contributed by atoms with Gasteiger partial charge in [-0.3, -0.25) is 14.5 Å². The number of morpholine rings is 1. The molecule has 6 rings (SSSR count). The average molecular weight is 595 g/mol. The number of thiophene rings is 1. The molecule has 3 atom stereocenters. The third-order valence-electron chi connectivity index (χ3n) is 7.14. The van der Waals surface area contributed by atoms with Crippen molar-refractivity contribution in [2.45, 2.75) is 25.2 Å². The molecular formula is C24H27BrClN6O3S+. The van der Waals surface area contributed by atoms with Crippen LogP contribution in [0.3, 0.4) is 0 Å². The van der Waals surface area contributed by atoms with Crippen LogP contribution in [0.25, 0.3) is 6.08 Å². The molecule has 0 bridgehead atoms. The van der Waals surface area contributed by atoms with E-state index in [1.807, 2.05) is 24.3 Å². The number of hydrogen-bond acceptors (Lipinski definition) is 7. The number of allylic oxidation sites excluding steroid dienone is 1. The molecule has 3 N–H and O–H groups in total. The maximum Gasteiger partial charge on any atom is 0.271 e. The highest BCUT2D eigenvalue weighted by atomic mass is 79.9. The number of carbonyl (C=O) groups is 2. The van der Waals surface area contributed by atoms with Crippen LogP contribution in [0.1, 0.15) is 16.0 Å². The lowest BCUT2D eigenvalue weighted by molar-refractivity contribution is -0.136. The number of benzene rings is 1. The Morgan fingerprint density at radius 3 is 2.81 bits per heavy atom. The zero-order valence-corrected chi connectivity index (χ0v) is 22.7. The topological polar surface area (TPSA) is 89.2 Å². The van der Waals surface area contributed by atoms with E-state index in [0.717, 1.165) is 12.1 Å². The van der Waals surface area contributed by atoms with Gasteiger partial charge in [0.05, 0.1) is 58.1 Å². The van der Waals surface area contributed by atoms with Crippen LogP contribution < -0.4 is 26.0 Å². The van der Waals surface area contributed by atoms with E-state index in [-0.39, 0.29) is 33.4 Å². The normalized spacial score (nSPS) is 23.3. The van der Waals surface area contributed by atoms with Gasteiger partial charge < -0.3 is 19.9 Å². The van der Waals surface area contributed by atoms with Gasteiger partial charge in [-0.2, -0.15) is 0 Å². The largest absolute Gasteiger partial charge is 0.378 e. The molecule has 1 aromatic carbocycles. The molecule has 1 aromatic heterocycles. The molecule has 0 radical (unpaired) electrons. The Morgan fingerprint density at radius 1 is 1.19 bits per heavy atom. The predicted octanol–water partition coefficient (Wildman–Crippen LogP) is 2.38. The molecule has 3 unspecified atom stereocenters. The zero-order valence-electron chi connectivity index (χ0n) is 19.5. The van der Waals surface area contributed by atoms with Gasteiger partial charge in [-0.15, -0.1) is 0 Å². The maximum absolute atomic E-state index is 13.9. The van der Waals surface area contributed by atoms with Crippen LogP contribution in [-0.2, 0) is 27.3 Å². The number of hydrazine groups is 1. The minimum absolute atomic E-state index is 0.0545. The molecule has 4 heterocycles. The van der Waals surface area contributed by atoms with Crippen molar-refractivity contribution in [1.29, 1.82) is 0 Å². The number of carbonyl (C=O) groups excluding carboxylic acids is 2. The molecule has 3 aliphatic heterocycles. The number of nitrogens with one attached hydrogen (secondary N) is 3. The molecule has 2 fully saturated rings. The number of ether oxygens (including phenoxy) is 1. The van der Waals surface area contributed by atoms with Crippen molar-refractivity contribution < 1.29 is 14.3 Å². The number of anilines is 2. The van der Waals surface area contributed by atoms with Crippen molar-refractivity contribution in [3.05, 3.63) is 51.4 Å². The van der Waals surface area contributed by atoms with Crippen LogP contribution in [0.15, 0.2) is 30.3 Å². The third-order valence-corrected chi connectivity index (χ3v) is 11.0.